The number of ether oxygens (including phenoxy) is 2. The number of rotatable bonds is 9. The Morgan fingerprint density at radius 2 is 1.87 bits per heavy atom. The molecule has 0 unspecified atom stereocenters. The monoisotopic (exact) mass is 582 g/mol. The van der Waals surface area contributed by atoms with Gasteiger partial charge in [-0.05, 0) is 86.3 Å². The molecule has 0 amide bonds. The van der Waals surface area contributed by atoms with E-state index in [4.69, 9.17) is 21.1 Å². The zero-order valence-electron chi connectivity index (χ0n) is 17.1. The molecule has 0 saturated carbocycles. The van der Waals surface area contributed by atoms with Gasteiger partial charge in [0.1, 0.15) is 18.1 Å². The maximum atomic E-state index is 12.6. The molecule has 2 aromatic carbocycles. The van der Waals surface area contributed by atoms with E-state index in [0.29, 0.717) is 17.4 Å². The summed E-state index contributed by atoms with van der Waals surface area (Å²) in [5, 5.41) is 0.633. The van der Waals surface area contributed by atoms with E-state index in [9.17, 15) is 4.79 Å². The van der Waals surface area contributed by atoms with E-state index >= 15 is 0 Å². The highest BCUT2D eigenvalue weighted by Gasteiger charge is 2.11. The average Bonchev–Trinajstić information content (AvgIpc) is 3.12. The Morgan fingerprint density at radius 1 is 1.10 bits per heavy atom. The zero-order valence-corrected chi connectivity index (χ0v) is 21.8. The summed E-state index contributed by atoms with van der Waals surface area (Å²) in [6.45, 7) is 2.45. The molecular weight excluding hydrogens is 564 g/mol. The van der Waals surface area contributed by atoms with E-state index < -0.39 is 0 Å². The smallest absolute Gasteiger partial charge is 0.195 e. The molecular formula is C24H21Br2ClO3S. The molecule has 0 bridgehead atoms. The number of halogens is 3. The Kier molecular flexibility index (Phi) is 8.78. The summed E-state index contributed by atoms with van der Waals surface area (Å²) in [5.41, 5.74) is 1.77. The van der Waals surface area contributed by atoms with E-state index in [1.54, 1.807) is 36.7 Å². The lowest BCUT2D eigenvalue weighted by Crippen LogP contribution is -2.00. The molecule has 1 heterocycles. The number of hydrogen-bond acceptors (Lipinski definition) is 4. The molecule has 3 aromatic rings. The Hall–Kier alpha value is -1.60. The Balaban J connectivity index is 1.74. The summed E-state index contributed by atoms with van der Waals surface area (Å²) >= 11 is 14.5. The third-order valence-electron chi connectivity index (χ3n) is 4.49. The van der Waals surface area contributed by atoms with Gasteiger partial charge in [0.2, 0.25) is 0 Å². The molecule has 0 radical (unpaired) electrons. The lowest BCUT2D eigenvalue weighted by atomic mass is 10.1. The number of ketones is 1. The highest BCUT2D eigenvalue weighted by atomic mass is 79.9. The highest BCUT2D eigenvalue weighted by Crippen LogP contribution is 2.31. The number of benzene rings is 2. The number of aryl methyl sites for hydroxylation is 1. The van der Waals surface area contributed by atoms with Gasteiger partial charge in [0.25, 0.3) is 0 Å². The predicted octanol–water partition coefficient (Wildman–Crippen LogP) is 8.36. The van der Waals surface area contributed by atoms with Crippen LogP contribution in [0, 0.1) is 0 Å². The van der Waals surface area contributed by atoms with E-state index in [1.807, 2.05) is 36.4 Å². The van der Waals surface area contributed by atoms with E-state index in [-0.39, 0.29) is 5.78 Å². The fourth-order valence-corrected chi connectivity index (χ4v) is 5.63. The molecule has 162 valence electrons. The summed E-state index contributed by atoms with van der Waals surface area (Å²) < 4.78 is 13.2. The van der Waals surface area contributed by atoms with Crippen LogP contribution in [0.1, 0.15) is 39.0 Å². The number of thiophene rings is 1. The van der Waals surface area contributed by atoms with Crippen LogP contribution >= 0.6 is 54.8 Å². The van der Waals surface area contributed by atoms with Crippen LogP contribution in [-0.2, 0) is 13.0 Å². The van der Waals surface area contributed by atoms with Gasteiger partial charge in [-0.2, -0.15) is 0 Å². The zero-order chi connectivity index (χ0) is 22.4. The Bertz CT molecular complexity index is 1110. The van der Waals surface area contributed by atoms with Crippen molar-refractivity contribution in [1.82, 2.24) is 0 Å². The van der Waals surface area contributed by atoms with Gasteiger partial charge in [-0.15, -0.1) is 11.3 Å². The van der Waals surface area contributed by atoms with Crippen molar-refractivity contribution in [2.45, 2.75) is 26.4 Å². The second-order valence-corrected chi connectivity index (χ2v) is 10.0. The van der Waals surface area contributed by atoms with Gasteiger partial charge in [-0.3, -0.25) is 4.79 Å². The number of carbonyl (C=O) groups is 1. The van der Waals surface area contributed by atoms with Gasteiger partial charge in [0, 0.05) is 19.9 Å². The average molecular weight is 585 g/mol. The molecule has 0 aliphatic heterocycles. The number of methoxy groups -OCH3 is 1. The van der Waals surface area contributed by atoms with Gasteiger partial charge in [-0.1, -0.05) is 37.1 Å². The number of carbonyl (C=O) groups excluding carboxylic acids is 1. The molecule has 0 aliphatic rings. The fourth-order valence-electron chi connectivity index (χ4n) is 2.94. The molecule has 1 aromatic heterocycles. The van der Waals surface area contributed by atoms with E-state index in [1.165, 1.54) is 4.88 Å². The molecule has 7 heteroatoms. The van der Waals surface area contributed by atoms with Crippen LogP contribution in [0.5, 0.6) is 11.5 Å². The molecule has 0 atom stereocenters. The summed E-state index contributed by atoms with van der Waals surface area (Å²) in [7, 11) is 1.62. The lowest BCUT2D eigenvalue weighted by Gasteiger charge is -2.12. The third-order valence-corrected chi connectivity index (χ3v) is 7.52. The number of hydrogen-bond donors (Lipinski definition) is 0. The summed E-state index contributed by atoms with van der Waals surface area (Å²) in [6, 6.07) is 13.0. The molecule has 0 N–H and O–H groups in total. The summed E-state index contributed by atoms with van der Waals surface area (Å²) in [5.74, 6) is 1.40. The highest BCUT2D eigenvalue weighted by molar-refractivity contribution is 9.10. The van der Waals surface area contributed by atoms with E-state index in [0.717, 1.165) is 43.5 Å². The first-order valence-corrected chi connectivity index (χ1v) is 12.4. The summed E-state index contributed by atoms with van der Waals surface area (Å²) in [4.78, 5) is 14.5. The van der Waals surface area contributed by atoms with Crippen molar-refractivity contribution in [3.05, 3.63) is 83.4 Å². The molecule has 0 saturated heterocycles. The first-order valence-electron chi connectivity index (χ1n) is 9.66. The largest absolute Gasteiger partial charge is 0.496 e. The predicted molar refractivity (Wildman–Crippen MR) is 136 cm³/mol. The second-order valence-electron chi connectivity index (χ2n) is 6.76. The molecule has 3 rings (SSSR count). The summed E-state index contributed by atoms with van der Waals surface area (Å²) in [6.07, 6.45) is 5.44. The first kappa shape index (κ1) is 24.1. The normalized spacial score (nSPS) is 11.1. The minimum Gasteiger partial charge on any atom is -0.496 e. The van der Waals surface area contributed by atoms with Crippen LogP contribution in [0.15, 0.2) is 57.5 Å². The van der Waals surface area contributed by atoms with Gasteiger partial charge in [0.05, 0.1) is 16.5 Å². The lowest BCUT2D eigenvalue weighted by molar-refractivity contribution is 0.105. The van der Waals surface area contributed by atoms with Gasteiger partial charge in [0.15, 0.2) is 5.78 Å². The minimum atomic E-state index is -0.00762. The van der Waals surface area contributed by atoms with Crippen LogP contribution in [0.4, 0.5) is 0 Å². The fraction of sp³-hybridized carbons (Fsp3) is 0.208. The van der Waals surface area contributed by atoms with Crippen molar-refractivity contribution >= 4 is 66.7 Å². The maximum absolute atomic E-state index is 12.6. The van der Waals surface area contributed by atoms with Crippen LogP contribution in [0.3, 0.4) is 0 Å². The van der Waals surface area contributed by atoms with Gasteiger partial charge in [-0.25, -0.2) is 0 Å². The van der Waals surface area contributed by atoms with Crippen molar-refractivity contribution < 1.29 is 14.3 Å². The van der Waals surface area contributed by atoms with Crippen LogP contribution in [-0.4, -0.2) is 12.9 Å². The van der Waals surface area contributed by atoms with Crippen molar-refractivity contribution in [3.8, 4) is 11.5 Å². The van der Waals surface area contributed by atoms with E-state index in [2.05, 4.69) is 38.8 Å². The van der Waals surface area contributed by atoms with Crippen LogP contribution < -0.4 is 9.47 Å². The third kappa shape index (κ3) is 6.45. The topological polar surface area (TPSA) is 35.5 Å². The molecule has 31 heavy (non-hydrogen) atoms. The Labute approximate surface area is 208 Å². The van der Waals surface area contributed by atoms with Crippen LogP contribution in [0.2, 0.25) is 5.02 Å². The van der Waals surface area contributed by atoms with Crippen molar-refractivity contribution in [2.75, 3.05) is 7.11 Å². The first-order chi connectivity index (χ1) is 14.9. The minimum absolute atomic E-state index is 0.00762. The van der Waals surface area contributed by atoms with Crippen molar-refractivity contribution in [2.24, 2.45) is 0 Å². The van der Waals surface area contributed by atoms with Crippen LogP contribution in [0.25, 0.3) is 6.08 Å². The molecule has 0 aliphatic carbocycles. The number of allylic oxidation sites excluding steroid dienone is 1. The second kappa shape index (κ2) is 11.3. The van der Waals surface area contributed by atoms with Gasteiger partial charge >= 0.3 is 0 Å². The molecule has 0 spiro atoms. The molecule has 3 nitrogen and oxygen atoms in total. The van der Waals surface area contributed by atoms with Gasteiger partial charge < -0.3 is 9.47 Å². The SMILES string of the molecule is CCCc1sc(C(=O)/C=C/c2ccc(OC)c(COc3ccc(Cl)cc3Br)c2)cc1Br. The van der Waals surface area contributed by atoms with Crippen molar-refractivity contribution in [1.29, 1.82) is 0 Å². The molecule has 0 fully saturated rings. The Morgan fingerprint density at radius 3 is 2.58 bits per heavy atom. The van der Waals surface area contributed by atoms with Crippen molar-refractivity contribution in [3.63, 3.8) is 0 Å². The maximum Gasteiger partial charge on any atom is 0.195 e. The standard InChI is InChI=1S/C24H21Br2ClO3S/c1-3-4-23-19(26)13-24(31-23)20(28)8-5-15-6-9-21(29-2)16(11-15)14-30-22-10-7-17(27)12-18(22)25/h5-13H,3-4,14H2,1-2H3/b8-5+. The quantitative estimate of drug-likeness (QED) is 0.187.